The lowest BCUT2D eigenvalue weighted by atomic mass is 10.1. The fourth-order valence-corrected chi connectivity index (χ4v) is 3.05. The third-order valence-corrected chi connectivity index (χ3v) is 4.04. The first-order chi connectivity index (χ1) is 7.25. The molecule has 1 saturated carbocycles. The number of thiophene rings is 1. The number of nitrogens with one attached hydrogen (secondary N) is 1. The molecule has 1 atom stereocenters. The highest BCUT2D eigenvalue weighted by Crippen LogP contribution is 2.42. The molecule has 2 heterocycles. The van der Waals surface area contributed by atoms with E-state index in [9.17, 15) is 4.79 Å². The summed E-state index contributed by atoms with van der Waals surface area (Å²) >= 11 is 1.69. The Morgan fingerprint density at radius 1 is 1.60 bits per heavy atom. The van der Waals surface area contributed by atoms with Gasteiger partial charge in [-0.15, -0.1) is 11.3 Å². The van der Waals surface area contributed by atoms with Gasteiger partial charge in [0.2, 0.25) is 5.91 Å². The largest absolute Gasteiger partial charge is 0.370 e. The minimum absolute atomic E-state index is 0.154. The summed E-state index contributed by atoms with van der Waals surface area (Å²) in [5.74, 6) is 0.934. The molecule has 0 radical (unpaired) electrons. The van der Waals surface area contributed by atoms with Gasteiger partial charge in [-0.2, -0.15) is 0 Å². The first-order valence-corrected chi connectivity index (χ1v) is 6.26. The fraction of sp³-hybridized carbons (Fsp3) is 0.545. The standard InChI is InChI=1S/C11H14N2OS/c1-7(14)13-6-9(8-2-3-8)12-11-10(13)4-5-15-11/h4-5,8-9,12H,2-3,6H2,1H3. The molecule has 0 aromatic carbocycles. The molecule has 2 aliphatic rings. The Balaban J connectivity index is 1.92. The highest BCUT2D eigenvalue weighted by atomic mass is 32.1. The van der Waals surface area contributed by atoms with Gasteiger partial charge in [-0.3, -0.25) is 4.79 Å². The van der Waals surface area contributed by atoms with Crippen molar-refractivity contribution in [1.82, 2.24) is 0 Å². The molecule has 1 N–H and O–H groups in total. The minimum atomic E-state index is 0.154. The molecule has 1 aliphatic carbocycles. The van der Waals surface area contributed by atoms with Crippen LogP contribution in [0.2, 0.25) is 0 Å². The van der Waals surface area contributed by atoms with E-state index in [1.165, 1.54) is 12.8 Å². The number of anilines is 2. The number of hydrogen-bond donors (Lipinski definition) is 1. The van der Waals surface area contributed by atoms with Gasteiger partial charge in [0.25, 0.3) is 0 Å². The maximum absolute atomic E-state index is 11.6. The Hall–Kier alpha value is -1.03. The summed E-state index contributed by atoms with van der Waals surface area (Å²) in [7, 11) is 0. The summed E-state index contributed by atoms with van der Waals surface area (Å²) in [6.45, 7) is 2.49. The molecule has 15 heavy (non-hydrogen) atoms. The first kappa shape index (κ1) is 9.21. The van der Waals surface area contributed by atoms with Crippen LogP contribution in [0.4, 0.5) is 10.7 Å². The molecule has 3 nitrogen and oxygen atoms in total. The van der Waals surface area contributed by atoms with E-state index in [0.717, 1.165) is 23.2 Å². The summed E-state index contributed by atoms with van der Waals surface area (Å²) in [5, 5.41) is 6.75. The Bertz CT molecular complexity index is 397. The van der Waals surface area contributed by atoms with Crippen molar-refractivity contribution in [3.63, 3.8) is 0 Å². The van der Waals surface area contributed by atoms with Crippen molar-refractivity contribution in [1.29, 1.82) is 0 Å². The maximum atomic E-state index is 11.6. The molecule has 1 aliphatic heterocycles. The zero-order chi connectivity index (χ0) is 10.4. The van der Waals surface area contributed by atoms with Crippen molar-refractivity contribution in [2.75, 3.05) is 16.8 Å². The third-order valence-electron chi connectivity index (χ3n) is 3.20. The van der Waals surface area contributed by atoms with E-state index in [4.69, 9.17) is 0 Å². The summed E-state index contributed by atoms with van der Waals surface area (Å²) in [5.41, 5.74) is 1.06. The Kier molecular flexibility index (Phi) is 1.99. The van der Waals surface area contributed by atoms with Crippen LogP contribution in [0.25, 0.3) is 0 Å². The molecule has 0 bridgehead atoms. The SMILES string of the molecule is CC(=O)N1CC(C2CC2)Nc2sccc21. The maximum Gasteiger partial charge on any atom is 0.224 e. The van der Waals surface area contributed by atoms with Crippen molar-refractivity contribution in [3.8, 4) is 0 Å². The van der Waals surface area contributed by atoms with Crippen LogP contribution in [0.3, 0.4) is 0 Å². The molecular weight excluding hydrogens is 208 g/mol. The topological polar surface area (TPSA) is 32.3 Å². The summed E-state index contributed by atoms with van der Waals surface area (Å²) < 4.78 is 0. The number of carbonyl (C=O) groups excluding carboxylic acids is 1. The second-order valence-corrected chi connectivity index (χ2v) is 5.27. The molecule has 80 valence electrons. The van der Waals surface area contributed by atoms with E-state index < -0.39 is 0 Å². The van der Waals surface area contributed by atoms with Crippen LogP contribution in [-0.2, 0) is 4.79 Å². The van der Waals surface area contributed by atoms with E-state index in [1.807, 2.05) is 16.3 Å². The van der Waals surface area contributed by atoms with Crippen molar-refractivity contribution >= 4 is 27.9 Å². The average molecular weight is 222 g/mol. The van der Waals surface area contributed by atoms with Crippen LogP contribution in [-0.4, -0.2) is 18.5 Å². The summed E-state index contributed by atoms with van der Waals surface area (Å²) in [4.78, 5) is 13.5. The van der Waals surface area contributed by atoms with Gasteiger partial charge in [0, 0.05) is 19.5 Å². The highest BCUT2D eigenvalue weighted by molar-refractivity contribution is 7.15. The lowest BCUT2D eigenvalue weighted by Crippen LogP contribution is -2.44. The van der Waals surface area contributed by atoms with Crippen molar-refractivity contribution in [3.05, 3.63) is 11.4 Å². The summed E-state index contributed by atoms with van der Waals surface area (Å²) in [6.07, 6.45) is 2.62. The van der Waals surface area contributed by atoms with E-state index in [2.05, 4.69) is 5.32 Å². The monoisotopic (exact) mass is 222 g/mol. The van der Waals surface area contributed by atoms with Crippen molar-refractivity contribution in [2.24, 2.45) is 5.92 Å². The van der Waals surface area contributed by atoms with Gasteiger partial charge < -0.3 is 10.2 Å². The van der Waals surface area contributed by atoms with Gasteiger partial charge >= 0.3 is 0 Å². The first-order valence-electron chi connectivity index (χ1n) is 5.38. The van der Waals surface area contributed by atoms with Crippen LogP contribution < -0.4 is 10.2 Å². The average Bonchev–Trinajstić information content (AvgIpc) is 2.95. The lowest BCUT2D eigenvalue weighted by Gasteiger charge is -2.33. The zero-order valence-corrected chi connectivity index (χ0v) is 9.51. The Labute approximate surface area is 93.1 Å². The second kappa shape index (κ2) is 3.23. The molecular formula is C11H14N2OS. The molecule has 0 saturated heterocycles. The minimum Gasteiger partial charge on any atom is -0.370 e. The smallest absolute Gasteiger partial charge is 0.224 e. The van der Waals surface area contributed by atoms with Gasteiger partial charge in [-0.1, -0.05) is 0 Å². The summed E-state index contributed by atoms with van der Waals surface area (Å²) in [6, 6.07) is 2.50. The van der Waals surface area contributed by atoms with Crippen LogP contribution in [0.15, 0.2) is 11.4 Å². The number of hydrogen-bond acceptors (Lipinski definition) is 3. The fourth-order valence-electron chi connectivity index (χ4n) is 2.20. The molecule has 4 heteroatoms. The number of amides is 1. The van der Waals surface area contributed by atoms with Crippen molar-refractivity contribution < 1.29 is 4.79 Å². The van der Waals surface area contributed by atoms with E-state index in [0.29, 0.717) is 6.04 Å². The molecule has 1 unspecified atom stereocenters. The molecule has 1 aromatic rings. The predicted octanol–water partition coefficient (Wildman–Crippen LogP) is 2.31. The van der Waals surface area contributed by atoms with Gasteiger partial charge in [-0.25, -0.2) is 0 Å². The normalized spacial score (nSPS) is 24.6. The van der Waals surface area contributed by atoms with Crippen LogP contribution in [0.1, 0.15) is 19.8 Å². The number of carbonyl (C=O) groups is 1. The van der Waals surface area contributed by atoms with E-state index >= 15 is 0 Å². The number of rotatable bonds is 1. The molecule has 0 spiro atoms. The molecule has 1 aromatic heterocycles. The molecule has 3 rings (SSSR count). The third kappa shape index (κ3) is 1.53. The Morgan fingerprint density at radius 2 is 2.40 bits per heavy atom. The number of nitrogens with zero attached hydrogens (tertiary/aromatic N) is 1. The van der Waals surface area contributed by atoms with Crippen LogP contribution in [0.5, 0.6) is 0 Å². The Morgan fingerprint density at radius 3 is 3.07 bits per heavy atom. The highest BCUT2D eigenvalue weighted by Gasteiger charge is 2.37. The van der Waals surface area contributed by atoms with Gasteiger partial charge in [0.15, 0.2) is 0 Å². The molecule has 1 amide bonds. The van der Waals surface area contributed by atoms with Gasteiger partial charge in [0.1, 0.15) is 5.00 Å². The lowest BCUT2D eigenvalue weighted by molar-refractivity contribution is -0.116. The van der Waals surface area contributed by atoms with Crippen molar-refractivity contribution in [2.45, 2.75) is 25.8 Å². The zero-order valence-electron chi connectivity index (χ0n) is 8.69. The van der Waals surface area contributed by atoms with Crippen LogP contribution in [0, 0.1) is 5.92 Å². The predicted molar refractivity (Wildman–Crippen MR) is 62.5 cm³/mol. The molecule has 1 fully saturated rings. The van der Waals surface area contributed by atoms with Crippen LogP contribution >= 0.6 is 11.3 Å². The van der Waals surface area contributed by atoms with E-state index in [-0.39, 0.29) is 5.91 Å². The number of fused-ring (bicyclic) bond motifs is 1. The quantitative estimate of drug-likeness (QED) is 0.790. The second-order valence-electron chi connectivity index (χ2n) is 4.35. The van der Waals surface area contributed by atoms with E-state index in [1.54, 1.807) is 18.3 Å². The van der Waals surface area contributed by atoms with Gasteiger partial charge in [-0.05, 0) is 30.2 Å². The van der Waals surface area contributed by atoms with Gasteiger partial charge in [0.05, 0.1) is 5.69 Å².